The summed E-state index contributed by atoms with van der Waals surface area (Å²) in [5, 5.41) is 0. The molecule has 0 fully saturated rings. The van der Waals surface area contributed by atoms with Crippen molar-refractivity contribution in [3.8, 4) is 5.75 Å². The number of nitrogens with one attached hydrogen (secondary N) is 1. The average Bonchev–Trinajstić information content (AvgIpc) is 2.53. The first-order valence-corrected chi connectivity index (χ1v) is 8.46. The van der Waals surface area contributed by atoms with Gasteiger partial charge in [-0.15, -0.1) is 0 Å². The normalized spacial score (nSPS) is 11.2. The van der Waals surface area contributed by atoms with Gasteiger partial charge in [0.05, 0.1) is 4.90 Å². The van der Waals surface area contributed by atoms with Crippen LogP contribution < -0.4 is 15.2 Å². The number of ether oxygens (including phenoxy) is 1. The van der Waals surface area contributed by atoms with Gasteiger partial charge in [-0.3, -0.25) is 4.79 Å². The monoisotopic (exact) mass is 334 g/mol. The highest BCUT2D eigenvalue weighted by Gasteiger charge is 2.13. The Labute approximate surface area is 135 Å². The van der Waals surface area contributed by atoms with Crippen molar-refractivity contribution in [1.82, 2.24) is 4.72 Å². The number of primary amides is 1. The Morgan fingerprint density at radius 2 is 1.70 bits per heavy atom. The Morgan fingerprint density at radius 3 is 2.26 bits per heavy atom. The molecule has 0 aromatic heterocycles. The molecule has 7 heteroatoms. The summed E-state index contributed by atoms with van der Waals surface area (Å²) in [6.45, 7) is 2.32. The Hall–Kier alpha value is -2.38. The van der Waals surface area contributed by atoms with Crippen molar-refractivity contribution in [2.45, 2.75) is 11.8 Å². The average molecular weight is 334 g/mol. The number of benzene rings is 2. The van der Waals surface area contributed by atoms with Gasteiger partial charge in [-0.05, 0) is 43.3 Å². The SMILES string of the molecule is Cc1ccc(OCCNS(=O)(=O)c2ccc(C(N)=O)cc2)cc1. The highest BCUT2D eigenvalue weighted by Crippen LogP contribution is 2.12. The topological polar surface area (TPSA) is 98.5 Å². The van der Waals surface area contributed by atoms with Gasteiger partial charge >= 0.3 is 0 Å². The lowest BCUT2D eigenvalue weighted by Gasteiger charge is -2.09. The summed E-state index contributed by atoms with van der Waals surface area (Å²) in [4.78, 5) is 11.0. The van der Waals surface area contributed by atoms with E-state index in [0.717, 1.165) is 5.56 Å². The molecule has 0 aliphatic rings. The van der Waals surface area contributed by atoms with Gasteiger partial charge in [-0.1, -0.05) is 17.7 Å². The molecule has 0 unspecified atom stereocenters. The third-order valence-corrected chi connectivity index (χ3v) is 4.61. The van der Waals surface area contributed by atoms with Crippen molar-refractivity contribution in [3.05, 3.63) is 59.7 Å². The molecule has 0 saturated carbocycles. The lowest BCUT2D eigenvalue weighted by atomic mass is 10.2. The summed E-state index contributed by atoms with van der Waals surface area (Å²) in [5.74, 6) is 0.0778. The highest BCUT2D eigenvalue weighted by molar-refractivity contribution is 7.89. The van der Waals surface area contributed by atoms with Gasteiger partial charge < -0.3 is 10.5 Å². The molecule has 0 radical (unpaired) electrons. The third kappa shape index (κ3) is 4.80. The fourth-order valence-corrected chi connectivity index (χ4v) is 2.87. The first-order valence-electron chi connectivity index (χ1n) is 6.97. The summed E-state index contributed by atoms with van der Waals surface area (Å²) in [6.07, 6.45) is 0. The van der Waals surface area contributed by atoms with E-state index < -0.39 is 15.9 Å². The van der Waals surface area contributed by atoms with Gasteiger partial charge in [0.25, 0.3) is 0 Å². The van der Waals surface area contributed by atoms with Gasteiger partial charge in [0.2, 0.25) is 15.9 Å². The van der Waals surface area contributed by atoms with E-state index in [-0.39, 0.29) is 23.6 Å². The molecular formula is C16H18N2O4S. The largest absolute Gasteiger partial charge is 0.492 e. The van der Waals surface area contributed by atoms with Crippen LogP contribution in [0, 0.1) is 6.92 Å². The van der Waals surface area contributed by atoms with Gasteiger partial charge in [0.1, 0.15) is 12.4 Å². The minimum atomic E-state index is -3.65. The Bertz CT molecular complexity index is 769. The Balaban J connectivity index is 1.88. The predicted octanol–water partition coefficient (Wildman–Crippen LogP) is 1.45. The van der Waals surface area contributed by atoms with Crippen LogP contribution in [-0.2, 0) is 10.0 Å². The van der Waals surface area contributed by atoms with E-state index in [1.165, 1.54) is 24.3 Å². The highest BCUT2D eigenvalue weighted by atomic mass is 32.2. The number of hydrogen-bond acceptors (Lipinski definition) is 4. The minimum Gasteiger partial charge on any atom is -0.492 e. The zero-order valence-electron chi connectivity index (χ0n) is 12.7. The summed E-state index contributed by atoms with van der Waals surface area (Å²) < 4.78 is 32.1. The lowest BCUT2D eigenvalue weighted by Crippen LogP contribution is -2.28. The number of nitrogens with two attached hydrogens (primary N) is 1. The van der Waals surface area contributed by atoms with E-state index in [2.05, 4.69) is 4.72 Å². The second-order valence-corrected chi connectivity index (χ2v) is 6.71. The van der Waals surface area contributed by atoms with E-state index in [0.29, 0.717) is 5.75 Å². The molecule has 3 N–H and O–H groups in total. The Kier molecular flexibility index (Phi) is 5.36. The molecule has 0 heterocycles. The number of amides is 1. The fourth-order valence-electron chi connectivity index (χ4n) is 1.86. The third-order valence-electron chi connectivity index (χ3n) is 3.13. The molecule has 0 bridgehead atoms. The van der Waals surface area contributed by atoms with Crippen molar-refractivity contribution in [2.24, 2.45) is 5.73 Å². The smallest absolute Gasteiger partial charge is 0.248 e. The molecule has 2 rings (SSSR count). The van der Waals surface area contributed by atoms with E-state index >= 15 is 0 Å². The molecule has 0 saturated heterocycles. The van der Waals surface area contributed by atoms with E-state index in [9.17, 15) is 13.2 Å². The number of aryl methyl sites for hydroxylation is 1. The molecule has 6 nitrogen and oxygen atoms in total. The lowest BCUT2D eigenvalue weighted by molar-refractivity contribution is 0.1000. The minimum absolute atomic E-state index is 0.0674. The van der Waals surface area contributed by atoms with Crippen LogP contribution in [0.5, 0.6) is 5.75 Å². The van der Waals surface area contributed by atoms with E-state index in [4.69, 9.17) is 10.5 Å². The Morgan fingerprint density at radius 1 is 1.09 bits per heavy atom. The predicted molar refractivity (Wildman–Crippen MR) is 86.8 cm³/mol. The van der Waals surface area contributed by atoms with Crippen molar-refractivity contribution < 1.29 is 17.9 Å². The van der Waals surface area contributed by atoms with Crippen molar-refractivity contribution in [2.75, 3.05) is 13.2 Å². The van der Waals surface area contributed by atoms with Crippen LogP contribution in [0.25, 0.3) is 0 Å². The van der Waals surface area contributed by atoms with E-state index in [1.807, 2.05) is 31.2 Å². The number of carbonyl (C=O) groups excluding carboxylic acids is 1. The van der Waals surface area contributed by atoms with Crippen LogP contribution in [0.4, 0.5) is 0 Å². The quantitative estimate of drug-likeness (QED) is 0.749. The van der Waals surface area contributed by atoms with Crippen LogP contribution in [-0.4, -0.2) is 27.5 Å². The molecule has 2 aromatic carbocycles. The maximum atomic E-state index is 12.1. The van der Waals surface area contributed by atoms with Crippen LogP contribution in [0.15, 0.2) is 53.4 Å². The van der Waals surface area contributed by atoms with Gasteiger partial charge in [-0.25, -0.2) is 13.1 Å². The summed E-state index contributed by atoms with van der Waals surface area (Å²) in [5.41, 5.74) is 6.49. The number of rotatable bonds is 7. The molecule has 1 amide bonds. The molecular weight excluding hydrogens is 316 g/mol. The molecule has 0 aliphatic carbocycles. The molecule has 0 spiro atoms. The fraction of sp³-hybridized carbons (Fsp3) is 0.188. The summed E-state index contributed by atoms with van der Waals surface area (Å²) >= 11 is 0. The van der Waals surface area contributed by atoms with Crippen LogP contribution in [0.3, 0.4) is 0 Å². The van der Waals surface area contributed by atoms with Gasteiger partial charge in [0, 0.05) is 12.1 Å². The van der Waals surface area contributed by atoms with Crippen molar-refractivity contribution in [1.29, 1.82) is 0 Å². The number of sulfonamides is 1. The second-order valence-electron chi connectivity index (χ2n) is 4.95. The van der Waals surface area contributed by atoms with Crippen molar-refractivity contribution in [3.63, 3.8) is 0 Å². The summed E-state index contributed by atoms with van der Waals surface area (Å²) in [7, 11) is -3.65. The first kappa shape index (κ1) is 17.0. The molecule has 2 aromatic rings. The molecule has 0 atom stereocenters. The maximum Gasteiger partial charge on any atom is 0.248 e. The molecule has 23 heavy (non-hydrogen) atoms. The van der Waals surface area contributed by atoms with E-state index in [1.54, 1.807) is 0 Å². The first-order chi connectivity index (χ1) is 10.9. The van der Waals surface area contributed by atoms with Crippen LogP contribution in [0.2, 0.25) is 0 Å². The van der Waals surface area contributed by atoms with Crippen molar-refractivity contribution >= 4 is 15.9 Å². The number of hydrogen-bond donors (Lipinski definition) is 2. The molecule has 122 valence electrons. The molecule has 0 aliphatic heterocycles. The maximum absolute atomic E-state index is 12.1. The zero-order valence-corrected chi connectivity index (χ0v) is 13.5. The van der Waals surface area contributed by atoms with Crippen LogP contribution >= 0.6 is 0 Å². The summed E-state index contributed by atoms with van der Waals surface area (Å²) in [6, 6.07) is 12.9. The second kappa shape index (κ2) is 7.26. The van der Waals surface area contributed by atoms with Gasteiger partial charge in [-0.2, -0.15) is 0 Å². The van der Waals surface area contributed by atoms with Gasteiger partial charge in [0.15, 0.2) is 0 Å². The van der Waals surface area contributed by atoms with Crippen LogP contribution in [0.1, 0.15) is 15.9 Å². The standard InChI is InChI=1S/C16H18N2O4S/c1-12-2-6-14(7-3-12)22-11-10-18-23(20,21)15-8-4-13(5-9-15)16(17)19/h2-9,18H,10-11H2,1H3,(H2,17,19). The zero-order chi connectivity index (χ0) is 16.9. The number of carbonyl (C=O) groups is 1.